The predicted molar refractivity (Wildman–Crippen MR) is 152 cm³/mol. The van der Waals surface area contributed by atoms with E-state index < -0.39 is 28.5 Å². The van der Waals surface area contributed by atoms with E-state index in [4.69, 9.17) is 0 Å². The minimum absolute atomic E-state index is 0.113. The largest absolute Gasteiger partial charge is 0.352 e. The molecule has 202 valence electrons. The molecule has 1 atom stereocenters. The molecule has 1 N–H and O–H groups in total. The van der Waals surface area contributed by atoms with E-state index in [0.29, 0.717) is 12.1 Å². The van der Waals surface area contributed by atoms with E-state index in [9.17, 15) is 18.0 Å². The van der Waals surface area contributed by atoms with Crippen LogP contribution < -0.4 is 9.62 Å². The van der Waals surface area contributed by atoms with Crippen LogP contribution in [0.4, 0.5) is 5.69 Å². The van der Waals surface area contributed by atoms with Gasteiger partial charge in [0, 0.05) is 18.0 Å². The average molecular weight is 536 g/mol. The number of hydrogen-bond donors (Lipinski definition) is 1. The van der Waals surface area contributed by atoms with Crippen molar-refractivity contribution in [1.29, 1.82) is 0 Å². The fourth-order valence-corrected chi connectivity index (χ4v) is 6.13. The lowest BCUT2D eigenvalue weighted by Crippen LogP contribution is -2.53. The SMILES string of the molecule is CCC(C(=O)NC1CCCCC1)N(Cc1ccccc1)C(=O)CN(c1cccc2ccccc12)S(C)(=O)=O. The fraction of sp³-hybridized carbons (Fsp3) is 0.400. The maximum absolute atomic E-state index is 14.0. The number of rotatable bonds is 10. The van der Waals surface area contributed by atoms with Gasteiger partial charge in [-0.15, -0.1) is 0 Å². The van der Waals surface area contributed by atoms with Crippen LogP contribution in [0.25, 0.3) is 10.8 Å². The topological polar surface area (TPSA) is 86.8 Å². The smallest absolute Gasteiger partial charge is 0.244 e. The van der Waals surface area contributed by atoms with Crippen molar-refractivity contribution in [3.63, 3.8) is 0 Å². The van der Waals surface area contributed by atoms with Gasteiger partial charge in [0.05, 0.1) is 11.9 Å². The van der Waals surface area contributed by atoms with Gasteiger partial charge in [-0.1, -0.05) is 92.9 Å². The van der Waals surface area contributed by atoms with Crippen LogP contribution in [0, 0.1) is 0 Å². The third-order valence-corrected chi connectivity index (χ3v) is 8.37. The molecule has 0 heterocycles. The molecule has 3 aromatic rings. The van der Waals surface area contributed by atoms with Crippen LogP contribution in [0.1, 0.15) is 51.0 Å². The summed E-state index contributed by atoms with van der Waals surface area (Å²) < 4.78 is 27.2. The Kier molecular flexibility index (Phi) is 9.05. The van der Waals surface area contributed by atoms with Gasteiger partial charge in [0.15, 0.2) is 0 Å². The van der Waals surface area contributed by atoms with Crippen molar-refractivity contribution in [3.05, 3.63) is 78.4 Å². The maximum Gasteiger partial charge on any atom is 0.244 e. The highest BCUT2D eigenvalue weighted by Crippen LogP contribution is 2.29. The number of amides is 2. The number of fused-ring (bicyclic) bond motifs is 1. The summed E-state index contributed by atoms with van der Waals surface area (Å²) >= 11 is 0. The van der Waals surface area contributed by atoms with Gasteiger partial charge in [-0.2, -0.15) is 0 Å². The average Bonchev–Trinajstić information content (AvgIpc) is 2.92. The Labute approximate surface area is 225 Å². The van der Waals surface area contributed by atoms with E-state index >= 15 is 0 Å². The molecule has 1 aliphatic carbocycles. The van der Waals surface area contributed by atoms with Crippen LogP contribution in [0.2, 0.25) is 0 Å². The Balaban J connectivity index is 1.66. The fourth-order valence-electron chi connectivity index (χ4n) is 5.26. The van der Waals surface area contributed by atoms with Crippen LogP contribution >= 0.6 is 0 Å². The summed E-state index contributed by atoms with van der Waals surface area (Å²) in [5.74, 6) is -0.599. The van der Waals surface area contributed by atoms with Crippen molar-refractivity contribution < 1.29 is 18.0 Å². The molecular weight excluding hydrogens is 498 g/mol. The molecule has 2 amide bonds. The third kappa shape index (κ3) is 6.72. The summed E-state index contributed by atoms with van der Waals surface area (Å²) in [4.78, 5) is 29.0. The molecule has 8 heteroatoms. The zero-order chi connectivity index (χ0) is 27.1. The quantitative estimate of drug-likeness (QED) is 0.402. The van der Waals surface area contributed by atoms with Crippen molar-refractivity contribution in [3.8, 4) is 0 Å². The second-order valence-electron chi connectivity index (χ2n) is 10.0. The number of anilines is 1. The molecule has 1 fully saturated rings. The zero-order valence-electron chi connectivity index (χ0n) is 22.2. The van der Waals surface area contributed by atoms with Gasteiger partial charge in [-0.05, 0) is 36.3 Å². The lowest BCUT2D eigenvalue weighted by Gasteiger charge is -2.34. The summed E-state index contributed by atoms with van der Waals surface area (Å²) in [7, 11) is -3.80. The molecule has 0 aliphatic heterocycles. The normalized spacial score (nSPS) is 15.1. The number of hydrogen-bond acceptors (Lipinski definition) is 4. The van der Waals surface area contributed by atoms with Crippen molar-refractivity contribution >= 4 is 38.3 Å². The zero-order valence-corrected chi connectivity index (χ0v) is 23.0. The van der Waals surface area contributed by atoms with Crippen molar-refractivity contribution in [2.45, 2.75) is 64.1 Å². The Bertz CT molecular complexity index is 1350. The highest BCUT2D eigenvalue weighted by molar-refractivity contribution is 7.92. The highest BCUT2D eigenvalue weighted by Gasteiger charge is 2.33. The number of nitrogens with zero attached hydrogens (tertiary/aromatic N) is 2. The molecule has 7 nitrogen and oxygen atoms in total. The van der Waals surface area contributed by atoms with E-state index in [2.05, 4.69) is 5.32 Å². The van der Waals surface area contributed by atoms with Crippen LogP contribution in [0.5, 0.6) is 0 Å². The molecule has 4 rings (SSSR count). The lowest BCUT2D eigenvalue weighted by molar-refractivity contribution is -0.140. The summed E-state index contributed by atoms with van der Waals surface area (Å²) in [5.41, 5.74) is 1.32. The van der Waals surface area contributed by atoms with Crippen molar-refractivity contribution in [2.75, 3.05) is 17.1 Å². The van der Waals surface area contributed by atoms with E-state index in [1.807, 2.05) is 67.6 Å². The van der Waals surface area contributed by atoms with Gasteiger partial charge in [-0.3, -0.25) is 13.9 Å². The molecule has 3 aromatic carbocycles. The van der Waals surface area contributed by atoms with Crippen molar-refractivity contribution in [1.82, 2.24) is 10.2 Å². The van der Waals surface area contributed by atoms with Crippen molar-refractivity contribution in [2.24, 2.45) is 0 Å². The molecule has 38 heavy (non-hydrogen) atoms. The lowest BCUT2D eigenvalue weighted by atomic mass is 9.95. The Morgan fingerprint density at radius 2 is 1.58 bits per heavy atom. The van der Waals surface area contributed by atoms with Crippen LogP contribution in [-0.2, 0) is 26.2 Å². The summed E-state index contributed by atoms with van der Waals surface area (Å²) in [6.07, 6.45) is 6.76. The molecule has 1 aliphatic rings. The maximum atomic E-state index is 14.0. The minimum atomic E-state index is -3.80. The van der Waals surface area contributed by atoms with Gasteiger partial charge >= 0.3 is 0 Å². The molecule has 1 saturated carbocycles. The van der Waals surface area contributed by atoms with Crippen LogP contribution in [0.15, 0.2) is 72.8 Å². The number of nitrogens with one attached hydrogen (secondary N) is 1. The predicted octanol–water partition coefficient (Wildman–Crippen LogP) is 4.86. The number of carbonyl (C=O) groups excluding carboxylic acids is 2. The first-order valence-corrected chi connectivity index (χ1v) is 15.2. The van der Waals surface area contributed by atoms with Gasteiger partial charge in [-0.25, -0.2) is 8.42 Å². The summed E-state index contributed by atoms with van der Waals surface area (Å²) in [6, 6.07) is 21.8. The van der Waals surface area contributed by atoms with E-state index in [1.54, 1.807) is 12.1 Å². The van der Waals surface area contributed by atoms with Gasteiger partial charge in [0.25, 0.3) is 0 Å². The molecule has 0 aromatic heterocycles. The second kappa shape index (κ2) is 12.4. The van der Waals surface area contributed by atoms with E-state index in [1.165, 1.54) is 11.3 Å². The monoisotopic (exact) mass is 535 g/mol. The standard InChI is InChI=1S/C30H37N3O4S/c1-3-27(30(35)31-25-17-8-5-9-18-25)32(21-23-13-6-4-7-14-23)29(34)22-33(38(2,36)37)28-20-12-16-24-15-10-11-19-26(24)28/h4,6-7,10-16,19-20,25,27H,3,5,8-9,17-18,21-22H2,1-2H3,(H,31,35). The number of sulfonamides is 1. The number of carbonyl (C=O) groups is 2. The minimum Gasteiger partial charge on any atom is -0.352 e. The molecule has 1 unspecified atom stereocenters. The van der Waals surface area contributed by atoms with Gasteiger partial charge < -0.3 is 10.2 Å². The van der Waals surface area contributed by atoms with E-state index in [0.717, 1.165) is 52.6 Å². The van der Waals surface area contributed by atoms with Gasteiger partial charge in [0.1, 0.15) is 12.6 Å². The first-order chi connectivity index (χ1) is 18.3. The third-order valence-electron chi connectivity index (χ3n) is 7.25. The Hall–Kier alpha value is -3.39. The molecule has 0 radical (unpaired) electrons. The first kappa shape index (κ1) is 27.6. The summed E-state index contributed by atoms with van der Waals surface area (Å²) in [6.45, 7) is 1.70. The Morgan fingerprint density at radius 1 is 0.921 bits per heavy atom. The van der Waals surface area contributed by atoms with Crippen LogP contribution in [0.3, 0.4) is 0 Å². The second-order valence-corrected chi connectivity index (χ2v) is 11.9. The highest BCUT2D eigenvalue weighted by atomic mass is 32.2. The summed E-state index contributed by atoms with van der Waals surface area (Å²) in [5, 5.41) is 4.79. The molecule has 0 spiro atoms. The van der Waals surface area contributed by atoms with Gasteiger partial charge in [0.2, 0.25) is 21.8 Å². The molecule has 0 saturated heterocycles. The first-order valence-electron chi connectivity index (χ1n) is 13.4. The molecule has 0 bridgehead atoms. The number of benzene rings is 3. The van der Waals surface area contributed by atoms with Crippen LogP contribution in [-0.4, -0.2) is 50.0 Å². The molecular formula is C30H37N3O4S. The van der Waals surface area contributed by atoms with E-state index in [-0.39, 0.29) is 18.5 Å². The Morgan fingerprint density at radius 3 is 2.26 bits per heavy atom.